The van der Waals surface area contributed by atoms with Crippen molar-refractivity contribution in [2.45, 2.75) is 19.5 Å². The summed E-state index contributed by atoms with van der Waals surface area (Å²) in [6, 6.07) is 19.6. The maximum atomic E-state index is 12.6. The Morgan fingerprint density at radius 3 is 2.48 bits per heavy atom. The van der Waals surface area contributed by atoms with Crippen LogP contribution in [0.3, 0.4) is 0 Å². The predicted molar refractivity (Wildman–Crippen MR) is 115 cm³/mol. The monoisotopic (exact) mass is 405 g/mol. The molecular formula is C22H20ClN5O. The molecule has 0 spiro atoms. The number of nitrogens with one attached hydrogen (secondary N) is 1. The molecule has 2 aromatic carbocycles. The molecule has 146 valence electrons. The zero-order valence-electron chi connectivity index (χ0n) is 15.9. The highest BCUT2D eigenvalue weighted by Crippen LogP contribution is 2.23. The van der Waals surface area contributed by atoms with E-state index in [1.54, 1.807) is 17.1 Å². The Morgan fingerprint density at radius 1 is 1.03 bits per heavy atom. The molecule has 7 heteroatoms. The number of anilines is 1. The molecule has 4 rings (SSSR count). The first-order valence-corrected chi connectivity index (χ1v) is 9.65. The smallest absolute Gasteiger partial charge is 0.287 e. The minimum atomic E-state index is -0.318. The van der Waals surface area contributed by atoms with Gasteiger partial charge in [0, 0.05) is 18.4 Å². The van der Waals surface area contributed by atoms with Crippen molar-refractivity contribution in [3.05, 3.63) is 106 Å². The van der Waals surface area contributed by atoms with Crippen LogP contribution in [-0.4, -0.2) is 19.6 Å². The summed E-state index contributed by atoms with van der Waals surface area (Å²) in [4.78, 5) is 12.6. The zero-order valence-corrected chi connectivity index (χ0v) is 16.6. The van der Waals surface area contributed by atoms with E-state index in [9.17, 15) is 4.79 Å². The molecular weight excluding hydrogens is 386 g/mol. The Morgan fingerprint density at radius 2 is 1.79 bits per heavy atom. The Hall–Kier alpha value is -3.38. The standard InChI is InChI=1S/C22H20ClN5O/c1-16(18-8-10-19(11-9-18)27-13-5-12-24-27)26-20-14-25-28(22(29)21(20)23)15-17-6-3-2-4-7-17/h2-14,16,26H,15H2,1H3. The third kappa shape index (κ3) is 4.22. The van der Waals surface area contributed by atoms with Crippen LogP contribution in [0, 0.1) is 0 Å². The first-order valence-electron chi connectivity index (χ1n) is 9.28. The Labute approximate surface area is 173 Å². The normalized spacial score (nSPS) is 11.9. The van der Waals surface area contributed by atoms with Gasteiger partial charge in [-0.2, -0.15) is 10.2 Å². The van der Waals surface area contributed by atoms with Gasteiger partial charge in [-0.3, -0.25) is 4.79 Å². The number of nitrogens with zero attached hydrogens (tertiary/aromatic N) is 4. The molecule has 0 aliphatic rings. The predicted octanol–water partition coefficient (Wildman–Crippen LogP) is 4.30. The molecule has 6 nitrogen and oxygen atoms in total. The van der Waals surface area contributed by atoms with Gasteiger partial charge in [0.15, 0.2) is 0 Å². The number of hydrogen-bond donors (Lipinski definition) is 1. The molecule has 0 amide bonds. The minimum Gasteiger partial charge on any atom is -0.376 e. The Bertz CT molecular complexity index is 1140. The number of halogens is 1. The van der Waals surface area contributed by atoms with E-state index in [1.165, 1.54) is 4.68 Å². The quantitative estimate of drug-likeness (QED) is 0.519. The van der Waals surface area contributed by atoms with E-state index in [4.69, 9.17) is 11.6 Å². The molecule has 0 aliphatic carbocycles. The van der Waals surface area contributed by atoms with Gasteiger partial charge in [-0.15, -0.1) is 0 Å². The summed E-state index contributed by atoms with van der Waals surface area (Å²) >= 11 is 6.34. The summed E-state index contributed by atoms with van der Waals surface area (Å²) in [7, 11) is 0. The molecule has 1 unspecified atom stereocenters. The van der Waals surface area contributed by atoms with E-state index in [2.05, 4.69) is 15.5 Å². The van der Waals surface area contributed by atoms with Gasteiger partial charge < -0.3 is 5.32 Å². The van der Waals surface area contributed by atoms with Crippen LogP contribution in [0.5, 0.6) is 0 Å². The molecule has 0 fully saturated rings. The van der Waals surface area contributed by atoms with E-state index >= 15 is 0 Å². The fraction of sp³-hybridized carbons (Fsp3) is 0.136. The van der Waals surface area contributed by atoms with Crippen LogP contribution in [0.15, 0.2) is 84.0 Å². The first kappa shape index (κ1) is 19.0. The van der Waals surface area contributed by atoms with Crippen molar-refractivity contribution in [2.24, 2.45) is 0 Å². The first-order chi connectivity index (χ1) is 14.1. The van der Waals surface area contributed by atoms with Crippen LogP contribution in [0.4, 0.5) is 5.69 Å². The molecule has 29 heavy (non-hydrogen) atoms. The van der Waals surface area contributed by atoms with Gasteiger partial charge in [0.2, 0.25) is 0 Å². The fourth-order valence-electron chi connectivity index (χ4n) is 3.09. The van der Waals surface area contributed by atoms with Crippen LogP contribution in [0.2, 0.25) is 5.02 Å². The number of rotatable bonds is 6. The molecule has 2 aromatic heterocycles. The van der Waals surface area contributed by atoms with Crippen LogP contribution >= 0.6 is 11.6 Å². The van der Waals surface area contributed by atoms with Crippen LogP contribution < -0.4 is 10.9 Å². The van der Waals surface area contributed by atoms with Crippen LogP contribution in [0.25, 0.3) is 5.69 Å². The highest BCUT2D eigenvalue weighted by atomic mass is 35.5. The average molecular weight is 406 g/mol. The molecule has 1 atom stereocenters. The lowest BCUT2D eigenvalue weighted by Crippen LogP contribution is -2.25. The fourth-order valence-corrected chi connectivity index (χ4v) is 3.29. The highest BCUT2D eigenvalue weighted by Gasteiger charge is 2.13. The van der Waals surface area contributed by atoms with Crippen LogP contribution in [0.1, 0.15) is 24.1 Å². The molecule has 0 saturated heterocycles. The summed E-state index contributed by atoms with van der Waals surface area (Å²) in [6.45, 7) is 2.39. The lowest BCUT2D eigenvalue weighted by molar-refractivity contribution is 0.639. The molecule has 4 aromatic rings. The van der Waals surface area contributed by atoms with Crippen molar-refractivity contribution < 1.29 is 0 Å². The summed E-state index contributed by atoms with van der Waals surface area (Å²) in [6.07, 6.45) is 5.24. The van der Waals surface area contributed by atoms with Crippen molar-refractivity contribution >= 4 is 17.3 Å². The third-order valence-corrected chi connectivity index (χ3v) is 5.06. The lowest BCUT2D eigenvalue weighted by Gasteiger charge is -2.17. The van der Waals surface area contributed by atoms with Gasteiger partial charge in [-0.25, -0.2) is 9.36 Å². The van der Waals surface area contributed by atoms with Crippen molar-refractivity contribution in [1.29, 1.82) is 0 Å². The molecule has 0 saturated carbocycles. The van der Waals surface area contributed by atoms with Gasteiger partial charge in [-0.05, 0) is 36.2 Å². The largest absolute Gasteiger partial charge is 0.376 e. The molecule has 0 bridgehead atoms. The van der Waals surface area contributed by atoms with Crippen molar-refractivity contribution in [1.82, 2.24) is 19.6 Å². The Kier molecular flexibility index (Phi) is 5.44. The SMILES string of the molecule is CC(Nc1cnn(Cc2ccccc2)c(=O)c1Cl)c1ccc(-n2cccn2)cc1. The van der Waals surface area contributed by atoms with Crippen LogP contribution in [-0.2, 0) is 6.54 Å². The van der Waals surface area contributed by atoms with Gasteiger partial charge in [0.05, 0.1) is 24.1 Å². The van der Waals surface area contributed by atoms with E-state index in [0.717, 1.165) is 16.8 Å². The van der Waals surface area contributed by atoms with Gasteiger partial charge >= 0.3 is 0 Å². The van der Waals surface area contributed by atoms with Gasteiger partial charge in [0.25, 0.3) is 5.56 Å². The van der Waals surface area contributed by atoms with E-state index in [1.807, 2.05) is 73.8 Å². The second kappa shape index (κ2) is 8.32. The van der Waals surface area contributed by atoms with E-state index in [-0.39, 0.29) is 16.6 Å². The van der Waals surface area contributed by atoms with Crippen molar-refractivity contribution in [3.8, 4) is 5.69 Å². The summed E-state index contributed by atoms with van der Waals surface area (Å²) < 4.78 is 3.17. The molecule has 1 N–H and O–H groups in total. The third-order valence-electron chi connectivity index (χ3n) is 4.69. The van der Waals surface area contributed by atoms with E-state index < -0.39 is 0 Å². The summed E-state index contributed by atoms with van der Waals surface area (Å²) in [5.41, 5.74) is 3.23. The number of benzene rings is 2. The van der Waals surface area contributed by atoms with Gasteiger partial charge in [0.1, 0.15) is 5.02 Å². The summed E-state index contributed by atoms with van der Waals surface area (Å²) in [5.74, 6) is 0. The van der Waals surface area contributed by atoms with Crippen molar-refractivity contribution in [3.63, 3.8) is 0 Å². The number of aromatic nitrogens is 4. The minimum absolute atomic E-state index is 0.0506. The summed E-state index contributed by atoms with van der Waals surface area (Å²) in [5, 5.41) is 11.9. The average Bonchev–Trinajstić information content (AvgIpc) is 3.29. The maximum Gasteiger partial charge on any atom is 0.287 e. The van der Waals surface area contributed by atoms with Gasteiger partial charge in [-0.1, -0.05) is 54.1 Å². The number of hydrogen-bond acceptors (Lipinski definition) is 4. The molecule has 2 heterocycles. The maximum absolute atomic E-state index is 12.6. The molecule has 0 aliphatic heterocycles. The second-order valence-corrected chi connectivity index (χ2v) is 7.11. The highest BCUT2D eigenvalue weighted by molar-refractivity contribution is 6.32. The van der Waals surface area contributed by atoms with E-state index in [0.29, 0.717) is 12.2 Å². The van der Waals surface area contributed by atoms with Crippen molar-refractivity contribution in [2.75, 3.05) is 5.32 Å². The second-order valence-electron chi connectivity index (χ2n) is 6.73. The zero-order chi connectivity index (χ0) is 20.2. The molecule has 0 radical (unpaired) electrons. The topological polar surface area (TPSA) is 64.7 Å². The lowest BCUT2D eigenvalue weighted by atomic mass is 10.1. The Balaban J connectivity index is 1.50.